The zero-order valence-corrected chi connectivity index (χ0v) is 17.0. The largest absolute Gasteiger partial charge is 0.417 e. The predicted molar refractivity (Wildman–Crippen MR) is 105 cm³/mol. The number of nitrogens with zero attached hydrogens (tertiary/aromatic N) is 2. The Morgan fingerprint density at radius 1 is 1.18 bits per heavy atom. The number of carbonyl (C=O) groups is 1. The van der Waals surface area contributed by atoms with E-state index < -0.39 is 11.7 Å². The van der Waals surface area contributed by atoms with E-state index in [2.05, 4.69) is 9.88 Å². The summed E-state index contributed by atoms with van der Waals surface area (Å²) in [6.07, 6.45) is -2.27. The van der Waals surface area contributed by atoms with Gasteiger partial charge in [0, 0.05) is 28.6 Å². The molecule has 150 valence electrons. The van der Waals surface area contributed by atoms with E-state index in [1.165, 1.54) is 11.8 Å². The second-order valence-corrected chi connectivity index (χ2v) is 8.50. The number of thioether (sulfide) groups is 1. The summed E-state index contributed by atoms with van der Waals surface area (Å²) in [5.41, 5.74) is -0.445. The van der Waals surface area contributed by atoms with Crippen LogP contribution in [0.15, 0.2) is 41.4 Å². The highest BCUT2D eigenvalue weighted by Crippen LogP contribution is 2.32. The van der Waals surface area contributed by atoms with Gasteiger partial charge in [-0.15, -0.1) is 0 Å². The molecule has 1 aliphatic rings. The van der Waals surface area contributed by atoms with Gasteiger partial charge in [-0.2, -0.15) is 13.2 Å². The van der Waals surface area contributed by atoms with Crippen molar-refractivity contribution in [1.82, 2.24) is 9.88 Å². The van der Waals surface area contributed by atoms with Crippen LogP contribution in [0.1, 0.15) is 24.1 Å². The number of carbonyl (C=O) groups excluding carboxylic acids is 1. The van der Waals surface area contributed by atoms with E-state index in [1.807, 2.05) is 12.1 Å². The second-order valence-electron chi connectivity index (χ2n) is 6.58. The zero-order valence-electron chi connectivity index (χ0n) is 14.7. The lowest BCUT2D eigenvalue weighted by atomic mass is 9.98. The van der Waals surface area contributed by atoms with Gasteiger partial charge in [0.25, 0.3) is 0 Å². The Bertz CT molecular complexity index is 838. The second kappa shape index (κ2) is 9.03. The van der Waals surface area contributed by atoms with Crippen LogP contribution in [0, 0.1) is 5.92 Å². The van der Waals surface area contributed by atoms with Crippen molar-refractivity contribution in [3.8, 4) is 0 Å². The quantitative estimate of drug-likeness (QED) is 0.542. The number of halogens is 5. The third-order valence-corrected chi connectivity index (χ3v) is 6.19. The first-order valence-corrected chi connectivity index (χ1v) is 10.2. The molecule has 0 bridgehead atoms. The van der Waals surface area contributed by atoms with Crippen LogP contribution >= 0.6 is 35.0 Å². The number of hydrogen-bond donors (Lipinski definition) is 0. The number of alkyl halides is 3. The highest BCUT2D eigenvalue weighted by atomic mass is 35.5. The van der Waals surface area contributed by atoms with E-state index >= 15 is 0 Å². The Kier molecular flexibility index (Phi) is 6.91. The first-order valence-electron chi connectivity index (χ1n) is 8.63. The fourth-order valence-electron chi connectivity index (χ4n) is 2.98. The standard InChI is InChI=1S/C19H17Cl2F3N2OS/c20-14-1-3-15(4-2-14)28-18(27)12-5-7-26(8-6-12)11-17-16(21)9-13(10-25-17)19(22,23)24/h1-4,9-10,12H,5-8,11H2. The van der Waals surface area contributed by atoms with Gasteiger partial charge >= 0.3 is 6.18 Å². The molecule has 0 N–H and O–H groups in total. The third kappa shape index (κ3) is 5.63. The highest BCUT2D eigenvalue weighted by Gasteiger charge is 2.32. The van der Waals surface area contributed by atoms with Crippen molar-refractivity contribution in [2.75, 3.05) is 13.1 Å². The van der Waals surface area contributed by atoms with Crippen LogP contribution in [0.2, 0.25) is 10.0 Å². The molecule has 0 unspecified atom stereocenters. The molecular weight excluding hydrogens is 432 g/mol. The first kappa shape index (κ1) is 21.4. The van der Waals surface area contributed by atoms with Crippen molar-refractivity contribution in [2.45, 2.75) is 30.5 Å². The van der Waals surface area contributed by atoms with E-state index in [0.29, 0.717) is 43.2 Å². The van der Waals surface area contributed by atoms with Crippen LogP contribution in [-0.4, -0.2) is 28.1 Å². The summed E-state index contributed by atoms with van der Waals surface area (Å²) in [4.78, 5) is 19.3. The molecule has 2 heterocycles. The minimum atomic E-state index is -4.46. The van der Waals surface area contributed by atoms with Crippen LogP contribution in [0.25, 0.3) is 0 Å². The highest BCUT2D eigenvalue weighted by molar-refractivity contribution is 8.13. The minimum absolute atomic E-state index is 0.00585. The van der Waals surface area contributed by atoms with E-state index in [0.717, 1.165) is 17.2 Å². The Morgan fingerprint density at radius 2 is 1.82 bits per heavy atom. The van der Waals surface area contributed by atoms with Crippen LogP contribution in [0.5, 0.6) is 0 Å². The average molecular weight is 449 g/mol. The zero-order chi connectivity index (χ0) is 20.3. The molecule has 3 nitrogen and oxygen atoms in total. The fourth-order valence-corrected chi connectivity index (χ4v) is 4.24. The predicted octanol–water partition coefficient (Wildman–Crippen LogP) is 5.94. The van der Waals surface area contributed by atoms with Crippen molar-refractivity contribution in [3.05, 3.63) is 57.8 Å². The Balaban J connectivity index is 1.52. The number of aromatic nitrogens is 1. The molecule has 0 radical (unpaired) electrons. The van der Waals surface area contributed by atoms with Gasteiger partial charge in [0.05, 0.1) is 16.3 Å². The molecule has 0 aliphatic carbocycles. The van der Waals surface area contributed by atoms with E-state index in [4.69, 9.17) is 23.2 Å². The molecule has 1 fully saturated rings. The Morgan fingerprint density at radius 3 is 2.39 bits per heavy atom. The number of rotatable bonds is 4. The lowest BCUT2D eigenvalue weighted by Crippen LogP contribution is -2.35. The minimum Gasteiger partial charge on any atom is -0.297 e. The topological polar surface area (TPSA) is 33.2 Å². The summed E-state index contributed by atoms with van der Waals surface area (Å²) in [7, 11) is 0. The van der Waals surface area contributed by atoms with Gasteiger partial charge in [0.15, 0.2) is 5.12 Å². The van der Waals surface area contributed by atoms with Crippen molar-refractivity contribution in [3.63, 3.8) is 0 Å². The maximum atomic E-state index is 12.7. The maximum absolute atomic E-state index is 12.7. The SMILES string of the molecule is O=C(Sc1ccc(Cl)cc1)C1CCN(Cc2ncc(C(F)(F)F)cc2Cl)CC1. The molecule has 28 heavy (non-hydrogen) atoms. The van der Waals surface area contributed by atoms with Gasteiger partial charge in [-0.25, -0.2) is 0 Å². The normalized spacial score (nSPS) is 16.3. The molecule has 0 amide bonds. The number of likely N-dealkylation sites (tertiary alicyclic amines) is 1. The molecule has 3 rings (SSSR count). The number of piperidine rings is 1. The molecular formula is C19H17Cl2F3N2OS. The smallest absolute Gasteiger partial charge is 0.297 e. The monoisotopic (exact) mass is 448 g/mol. The lowest BCUT2D eigenvalue weighted by Gasteiger charge is -2.31. The van der Waals surface area contributed by atoms with E-state index in [9.17, 15) is 18.0 Å². The third-order valence-electron chi connectivity index (χ3n) is 4.57. The molecule has 1 aromatic heterocycles. The van der Waals surface area contributed by atoms with Crippen LogP contribution < -0.4 is 0 Å². The summed E-state index contributed by atoms with van der Waals surface area (Å²) in [5.74, 6) is -0.0482. The van der Waals surface area contributed by atoms with Gasteiger partial charge in [-0.3, -0.25) is 14.7 Å². The molecule has 1 aromatic carbocycles. The summed E-state index contributed by atoms with van der Waals surface area (Å²) < 4.78 is 38.1. The Labute approximate surface area is 175 Å². The van der Waals surface area contributed by atoms with Crippen LogP contribution in [0.4, 0.5) is 13.2 Å². The average Bonchev–Trinajstić information content (AvgIpc) is 2.65. The van der Waals surface area contributed by atoms with E-state index in [-0.39, 0.29) is 16.1 Å². The van der Waals surface area contributed by atoms with Crippen LogP contribution in [0.3, 0.4) is 0 Å². The molecule has 9 heteroatoms. The van der Waals surface area contributed by atoms with Crippen molar-refractivity contribution in [1.29, 1.82) is 0 Å². The van der Waals surface area contributed by atoms with Gasteiger partial charge in [0.2, 0.25) is 0 Å². The van der Waals surface area contributed by atoms with E-state index in [1.54, 1.807) is 12.1 Å². The summed E-state index contributed by atoms with van der Waals surface area (Å²) in [6.45, 7) is 1.69. The fraction of sp³-hybridized carbons (Fsp3) is 0.368. The molecule has 0 saturated carbocycles. The molecule has 0 atom stereocenters. The Hall–Kier alpha value is -1.28. The van der Waals surface area contributed by atoms with Crippen LogP contribution in [-0.2, 0) is 17.5 Å². The number of pyridine rings is 1. The van der Waals surface area contributed by atoms with Gasteiger partial charge in [-0.1, -0.05) is 35.0 Å². The van der Waals surface area contributed by atoms with Crippen molar-refractivity contribution >= 4 is 40.1 Å². The summed E-state index contributed by atoms with van der Waals surface area (Å²) >= 11 is 13.0. The lowest BCUT2D eigenvalue weighted by molar-refractivity contribution is -0.137. The summed E-state index contributed by atoms with van der Waals surface area (Å²) in [5, 5.41) is 0.750. The van der Waals surface area contributed by atoms with Gasteiger partial charge in [0.1, 0.15) is 0 Å². The molecule has 0 spiro atoms. The maximum Gasteiger partial charge on any atom is 0.417 e. The number of hydrogen-bond acceptors (Lipinski definition) is 4. The van der Waals surface area contributed by atoms with Gasteiger partial charge in [-0.05, 0) is 56.3 Å². The van der Waals surface area contributed by atoms with Crippen molar-refractivity contribution < 1.29 is 18.0 Å². The molecule has 1 saturated heterocycles. The first-order chi connectivity index (χ1) is 13.2. The molecule has 2 aromatic rings. The van der Waals surface area contributed by atoms with Gasteiger partial charge < -0.3 is 0 Å². The summed E-state index contributed by atoms with van der Waals surface area (Å²) in [6, 6.07) is 8.04. The van der Waals surface area contributed by atoms with Crippen molar-refractivity contribution in [2.24, 2.45) is 5.92 Å². The molecule has 1 aliphatic heterocycles. The number of benzene rings is 1.